The van der Waals surface area contributed by atoms with E-state index in [1.54, 1.807) is 42.6 Å². The molecule has 5 heteroatoms. The number of amides is 1. The number of carbonyl (C=O) groups excluding carboxylic acids is 1. The van der Waals surface area contributed by atoms with Crippen molar-refractivity contribution in [1.82, 2.24) is 5.32 Å². The van der Waals surface area contributed by atoms with E-state index in [0.717, 1.165) is 5.56 Å². The van der Waals surface area contributed by atoms with E-state index in [1.165, 1.54) is 11.3 Å². The molecule has 1 heterocycles. The lowest BCUT2D eigenvalue weighted by atomic mass is 10.0. The molecule has 0 saturated heterocycles. The monoisotopic (exact) mass is 295 g/mol. The third kappa shape index (κ3) is 3.56. The zero-order chi connectivity index (χ0) is 13.8. The van der Waals surface area contributed by atoms with Crippen LogP contribution in [0.4, 0.5) is 0 Å². The quantitative estimate of drug-likeness (QED) is 0.909. The van der Waals surface area contributed by atoms with Crippen LogP contribution in [-0.2, 0) is 0 Å². The number of halogens is 1. The Kier molecular flexibility index (Phi) is 4.58. The highest BCUT2D eigenvalue weighted by Crippen LogP contribution is 2.19. The molecule has 2 aromatic rings. The molecule has 0 spiro atoms. The maximum absolute atomic E-state index is 11.9. The maximum atomic E-state index is 11.9. The predicted octanol–water partition coefficient (Wildman–Crippen LogP) is 3.25. The molecule has 2 rings (SSSR count). The first-order chi connectivity index (χ1) is 9.08. The van der Waals surface area contributed by atoms with Crippen LogP contribution in [0.2, 0.25) is 5.02 Å². The van der Waals surface area contributed by atoms with Crippen LogP contribution in [0.1, 0.15) is 28.9 Å². The highest BCUT2D eigenvalue weighted by molar-refractivity contribution is 7.08. The predicted molar refractivity (Wildman–Crippen MR) is 77.7 cm³/mol. The Balaban J connectivity index is 2.01. The van der Waals surface area contributed by atoms with Crippen LogP contribution in [0.15, 0.2) is 41.1 Å². The number of thiophene rings is 1. The first-order valence-electron chi connectivity index (χ1n) is 5.84. The molecule has 1 aromatic carbocycles. The van der Waals surface area contributed by atoms with Crippen LogP contribution in [0, 0.1) is 0 Å². The smallest absolute Gasteiger partial charge is 0.252 e. The number of nitrogens with one attached hydrogen (secondary N) is 1. The van der Waals surface area contributed by atoms with Crippen molar-refractivity contribution >= 4 is 28.8 Å². The molecular formula is C14H14ClNO2S. The molecule has 0 fully saturated rings. The second kappa shape index (κ2) is 6.19. The second-order valence-corrected chi connectivity index (χ2v) is 5.49. The average Bonchev–Trinajstić information content (AvgIpc) is 2.92. The van der Waals surface area contributed by atoms with Crippen molar-refractivity contribution in [2.45, 2.75) is 19.1 Å². The molecule has 0 aliphatic rings. The molecule has 19 heavy (non-hydrogen) atoms. The van der Waals surface area contributed by atoms with Gasteiger partial charge in [-0.1, -0.05) is 23.7 Å². The number of hydrogen-bond donors (Lipinski definition) is 2. The van der Waals surface area contributed by atoms with Crippen LogP contribution in [0.5, 0.6) is 0 Å². The van der Waals surface area contributed by atoms with Crippen molar-refractivity contribution in [3.8, 4) is 0 Å². The van der Waals surface area contributed by atoms with Gasteiger partial charge in [0.05, 0.1) is 12.1 Å². The van der Waals surface area contributed by atoms with Gasteiger partial charge in [0.15, 0.2) is 0 Å². The van der Waals surface area contributed by atoms with Gasteiger partial charge in [-0.05, 0) is 36.1 Å². The minimum atomic E-state index is -0.764. The minimum absolute atomic E-state index is 0.179. The van der Waals surface area contributed by atoms with Crippen LogP contribution < -0.4 is 5.32 Å². The number of carbonyl (C=O) groups is 1. The zero-order valence-electron chi connectivity index (χ0n) is 10.3. The molecule has 100 valence electrons. The van der Waals surface area contributed by atoms with E-state index in [-0.39, 0.29) is 11.9 Å². The Morgan fingerprint density at radius 2 is 2.00 bits per heavy atom. The summed E-state index contributed by atoms with van der Waals surface area (Å²) in [5.41, 5.74) is 1.34. The molecule has 1 amide bonds. The lowest BCUT2D eigenvalue weighted by molar-refractivity contribution is 0.0852. The Hall–Kier alpha value is -1.36. The number of aliphatic hydroxyl groups excluding tert-OH is 1. The van der Waals surface area contributed by atoms with Gasteiger partial charge in [-0.15, -0.1) is 0 Å². The van der Waals surface area contributed by atoms with Gasteiger partial charge in [-0.3, -0.25) is 4.79 Å². The van der Waals surface area contributed by atoms with Gasteiger partial charge in [-0.25, -0.2) is 0 Å². The molecule has 0 aliphatic heterocycles. The van der Waals surface area contributed by atoms with Gasteiger partial charge in [0.1, 0.15) is 0 Å². The highest BCUT2D eigenvalue weighted by atomic mass is 35.5. The van der Waals surface area contributed by atoms with Gasteiger partial charge in [0.2, 0.25) is 0 Å². The molecule has 0 radical (unpaired) electrons. The Morgan fingerprint density at radius 1 is 1.32 bits per heavy atom. The van der Waals surface area contributed by atoms with E-state index >= 15 is 0 Å². The fourth-order valence-electron chi connectivity index (χ4n) is 1.71. The van der Waals surface area contributed by atoms with Crippen molar-refractivity contribution in [3.63, 3.8) is 0 Å². The summed E-state index contributed by atoms with van der Waals surface area (Å²) in [4.78, 5) is 11.9. The first kappa shape index (κ1) is 14.1. The van der Waals surface area contributed by atoms with Crippen LogP contribution in [0.25, 0.3) is 0 Å². The van der Waals surface area contributed by atoms with Crippen molar-refractivity contribution < 1.29 is 9.90 Å². The number of aliphatic hydroxyl groups is 1. The number of rotatable bonds is 4. The van der Waals surface area contributed by atoms with E-state index in [0.29, 0.717) is 10.6 Å². The standard InChI is InChI=1S/C14H14ClNO2S/c1-9(16-14(18)11-6-7-19-8-11)13(17)10-2-4-12(15)5-3-10/h2-9,13,17H,1H3,(H,16,18). The Bertz CT molecular complexity index is 539. The van der Waals surface area contributed by atoms with Crippen LogP contribution in [-0.4, -0.2) is 17.1 Å². The largest absolute Gasteiger partial charge is 0.386 e. The summed E-state index contributed by atoms with van der Waals surface area (Å²) in [5, 5.41) is 17.2. The fourth-order valence-corrected chi connectivity index (χ4v) is 2.47. The summed E-state index contributed by atoms with van der Waals surface area (Å²) >= 11 is 7.26. The third-order valence-electron chi connectivity index (χ3n) is 2.83. The Morgan fingerprint density at radius 3 is 2.58 bits per heavy atom. The van der Waals surface area contributed by atoms with E-state index in [1.807, 2.05) is 5.38 Å². The van der Waals surface area contributed by atoms with Gasteiger partial charge >= 0.3 is 0 Å². The van der Waals surface area contributed by atoms with E-state index < -0.39 is 6.10 Å². The van der Waals surface area contributed by atoms with E-state index in [2.05, 4.69) is 5.32 Å². The topological polar surface area (TPSA) is 49.3 Å². The Labute approximate surface area is 120 Å². The van der Waals surface area contributed by atoms with Gasteiger partial charge in [0.25, 0.3) is 5.91 Å². The van der Waals surface area contributed by atoms with Crippen molar-refractivity contribution in [3.05, 3.63) is 57.2 Å². The van der Waals surface area contributed by atoms with Crippen molar-refractivity contribution in [1.29, 1.82) is 0 Å². The normalized spacial score (nSPS) is 13.8. The first-order valence-corrected chi connectivity index (χ1v) is 7.16. The van der Waals surface area contributed by atoms with E-state index in [9.17, 15) is 9.90 Å². The minimum Gasteiger partial charge on any atom is -0.386 e. The molecule has 2 unspecified atom stereocenters. The highest BCUT2D eigenvalue weighted by Gasteiger charge is 2.19. The summed E-state index contributed by atoms with van der Waals surface area (Å²) in [6.07, 6.45) is -0.764. The maximum Gasteiger partial charge on any atom is 0.252 e. The summed E-state index contributed by atoms with van der Waals surface area (Å²) in [5.74, 6) is -0.179. The molecule has 0 saturated carbocycles. The van der Waals surface area contributed by atoms with Crippen molar-refractivity contribution in [2.75, 3.05) is 0 Å². The van der Waals surface area contributed by atoms with Crippen LogP contribution >= 0.6 is 22.9 Å². The number of hydrogen-bond acceptors (Lipinski definition) is 3. The average molecular weight is 296 g/mol. The summed E-state index contributed by atoms with van der Waals surface area (Å²) in [7, 11) is 0. The molecule has 2 atom stereocenters. The molecule has 3 nitrogen and oxygen atoms in total. The zero-order valence-corrected chi connectivity index (χ0v) is 11.9. The molecular weight excluding hydrogens is 282 g/mol. The van der Waals surface area contributed by atoms with Gasteiger partial charge in [-0.2, -0.15) is 11.3 Å². The SMILES string of the molecule is CC(NC(=O)c1ccsc1)C(O)c1ccc(Cl)cc1. The summed E-state index contributed by atoms with van der Waals surface area (Å²) in [6, 6.07) is 8.30. The fraction of sp³-hybridized carbons (Fsp3) is 0.214. The molecule has 1 aromatic heterocycles. The van der Waals surface area contributed by atoms with Crippen LogP contribution in [0.3, 0.4) is 0 Å². The lowest BCUT2D eigenvalue weighted by Gasteiger charge is -2.20. The second-order valence-electron chi connectivity index (χ2n) is 4.27. The van der Waals surface area contributed by atoms with Gasteiger partial charge < -0.3 is 10.4 Å². The summed E-state index contributed by atoms with van der Waals surface area (Å²) < 4.78 is 0. The lowest BCUT2D eigenvalue weighted by Crippen LogP contribution is -2.36. The molecule has 0 bridgehead atoms. The third-order valence-corrected chi connectivity index (χ3v) is 3.76. The van der Waals surface area contributed by atoms with Crippen molar-refractivity contribution in [2.24, 2.45) is 0 Å². The molecule has 2 N–H and O–H groups in total. The summed E-state index contributed by atoms with van der Waals surface area (Å²) in [6.45, 7) is 1.77. The molecule has 0 aliphatic carbocycles. The van der Waals surface area contributed by atoms with E-state index in [4.69, 9.17) is 11.6 Å². The number of benzene rings is 1. The van der Waals surface area contributed by atoms with Gasteiger partial charge in [0, 0.05) is 16.0 Å².